The van der Waals surface area contributed by atoms with Crippen LogP contribution in [0.3, 0.4) is 0 Å². The lowest BCUT2D eigenvalue weighted by atomic mass is 10.1. The molecule has 80 valence electrons. The normalized spacial score (nSPS) is 9.67. The number of hydrogen-bond donors (Lipinski definition) is 1. The monoisotopic (exact) mass is 204 g/mol. The third-order valence-corrected chi connectivity index (χ3v) is 2.13. The van der Waals surface area contributed by atoms with E-state index in [0.717, 1.165) is 30.0 Å². The fraction of sp³-hybridized carbons (Fsp3) is 0.417. The van der Waals surface area contributed by atoms with Crippen molar-refractivity contribution in [2.45, 2.75) is 13.8 Å². The van der Waals surface area contributed by atoms with E-state index in [9.17, 15) is 0 Å². The van der Waals surface area contributed by atoms with Gasteiger partial charge in [0.2, 0.25) is 0 Å². The van der Waals surface area contributed by atoms with Crippen molar-refractivity contribution in [1.29, 1.82) is 5.26 Å². The maximum absolute atomic E-state index is 8.76. The highest BCUT2D eigenvalue weighted by Crippen LogP contribution is 2.13. The maximum atomic E-state index is 8.76. The third kappa shape index (κ3) is 3.61. The zero-order valence-electron chi connectivity index (χ0n) is 9.21. The topological polar surface area (TPSA) is 45.0 Å². The molecule has 0 aromatic heterocycles. The summed E-state index contributed by atoms with van der Waals surface area (Å²) in [5.74, 6) is 0. The van der Waals surface area contributed by atoms with Gasteiger partial charge in [-0.05, 0) is 37.6 Å². The summed E-state index contributed by atoms with van der Waals surface area (Å²) >= 11 is 0. The lowest BCUT2D eigenvalue weighted by Gasteiger charge is -2.07. The van der Waals surface area contributed by atoms with E-state index in [1.807, 2.05) is 32.0 Å². The number of hydrogen-bond acceptors (Lipinski definition) is 3. The highest BCUT2D eigenvalue weighted by atomic mass is 16.5. The molecular weight excluding hydrogens is 188 g/mol. The van der Waals surface area contributed by atoms with Crippen molar-refractivity contribution in [3.63, 3.8) is 0 Å². The van der Waals surface area contributed by atoms with Gasteiger partial charge in [-0.3, -0.25) is 0 Å². The van der Waals surface area contributed by atoms with Gasteiger partial charge in [0.1, 0.15) is 0 Å². The molecule has 1 aromatic carbocycles. The van der Waals surface area contributed by atoms with Gasteiger partial charge in [0.15, 0.2) is 0 Å². The molecule has 0 saturated carbocycles. The number of benzene rings is 1. The summed E-state index contributed by atoms with van der Waals surface area (Å²) in [6.07, 6.45) is 0. The van der Waals surface area contributed by atoms with Crippen LogP contribution >= 0.6 is 0 Å². The van der Waals surface area contributed by atoms with Crippen LogP contribution in [0.25, 0.3) is 0 Å². The van der Waals surface area contributed by atoms with Crippen molar-refractivity contribution in [1.82, 2.24) is 0 Å². The molecule has 0 heterocycles. The molecule has 15 heavy (non-hydrogen) atoms. The van der Waals surface area contributed by atoms with Crippen LogP contribution in [0.15, 0.2) is 18.2 Å². The van der Waals surface area contributed by atoms with Crippen LogP contribution < -0.4 is 5.32 Å². The van der Waals surface area contributed by atoms with E-state index in [2.05, 4.69) is 11.4 Å². The Hall–Kier alpha value is -1.53. The molecule has 0 spiro atoms. The molecule has 0 aliphatic carbocycles. The summed E-state index contributed by atoms with van der Waals surface area (Å²) in [6, 6.07) is 7.87. The van der Waals surface area contributed by atoms with Gasteiger partial charge >= 0.3 is 0 Å². The number of nitriles is 1. The van der Waals surface area contributed by atoms with Gasteiger partial charge in [-0.15, -0.1) is 0 Å². The fourth-order valence-electron chi connectivity index (χ4n) is 1.31. The van der Waals surface area contributed by atoms with Gasteiger partial charge in [0, 0.05) is 18.8 Å². The summed E-state index contributed by atoms with van der Waals surface area (Å²) < 4.78 is 5.22. The lowest BCUT2D eigenvalue weighted by molar-refractivity contribution is 0.158. The molecule has 1 aromatic rings. The Morgan fingerprint density at radius 2 is 2.27 bits per heavy atom. The Balaban J connectivity index is 2.49. The second kappa shape index (κ2) is 6.05. The SMILES string of the molecule is CCOCCNc1ccc(C#N)c(C)c1. The van der Waals surface area contributed by atoms with Gasteiger partial charge in [-0.1, -0.05) is 0 Å². The summed E-state index contributed by atoms with van der Waals surface area (Å²) in [5, 5.41) is 12.0. The standard InChI is InChI=1S/C12H16N2O/c1-3-15-7-6-14-12-5-4-11(9-13)10(2)8-12/h4-5,8,14H,3,6-7H2,1-2H3. The van der Waals surface area contributed by atoms with Crippen molar-refractivity contribution in [2.75, 3.05) is 25.1 Å². The molecule has 3 heteroatoms. The van der Waals surface area contributed by atoms with Crippen LogP contribution in [0, 0.1) is 18.3 Å². The molecule has 0 aliphatic rings. The van der Waals surface area contributed by atoms with Gasteiger partial charge in [-0.2, -0.15) is 5.26 Å². The first-order chi connectivity index (χ1) is 7.27. The maximum Gasteiger partial charge on any atom is 0.0994 e. The van der Waals surface area contributed by atoms with E-state index in [4.69, 9.17) is 10.00 Å². The second-order valence-electron chi connectivity index (χ2n) is 3.27. The predicted octanol–water partition coefficient (Wildman–Crippen LogP) is 2.32. The third-order valence-electron chi connectivity index (χ3n) is 2.13. The van der Waals surface area contributed by atoms with Crippen LogP contribution in [-0.4, -0.2) is 19.8 Å². The van der Waals surface area contributed by atoms with Gasteiger partial charge in [0.25, 0.3) is 0 Å². The second-order valence-corrected chi connectivity index (χ2v) is 3.27. The zero-order chi connectivity index (χ0) is 11.1. The molecule has 0 amide bonds. The Bertz CT molecular complexity index is 355. The highest BCUT2D eigenvalue weighted by Gasteiger charge is 1.98. The minimum atomic E-state index is 0.704. The molecule has 3 nitrogen and oxygen atoms in total. The van der Waals surface area contributed by atoms with Crippen LogP contribution in [0.5, 0.6) is 0 Å². The van der Waals surface area contributed by atoms with Crippen molar-refractivity contribution in [3.05, 3.63) is 29.3 Å². The fourth-order valence-corrected chi connectivity index (χ4v) is 1.31. The number of nitrogens with one attached hydrogen (secondary N) is 1. The van der Waals surface area contributed by atoms with Gasteiger partial charge in [0.05, 0.1) is 18.2 Å². The number of aryl methyl sites for hydroxylation is 1. The molecule has 0 bridgehead atoms. The molecule has 0 saturated heterocycles. The smallest absolute Gasteiger partial charge is 0.0994 e. The van der Waals surface area contributed by atoms with E-state index in [1.54, 1.807) is 0 Å². The lowest BCUT2D eigenvalue weighted by Crippen LogP contribution is -2.09. The van der Waals surface area contributed by atoms with E-state index >= 15 is 0 Å². The van der Waals surface area contributed by atoms with E-state index in [0.29, 0.717) is 6.61 Å². The Morgan fingerprint density at radius 1 is 1.47 bits per heavy atom. The molecule has 0 unspecified atom stereocenters. The average Bonchev–Trinajstić information content (AvgIpc) is 2.25. The first kappa shape index (κ1) is 11.5. The van der Waals surface area contributed by atoms with Crippen molar-refractivity contribution >= 4 is 5.69 Å². The summed E-state index contributed by atoms with van der Waals surface area (Å²) in [7, 11) is 0. The van der Waals surface area contributed by atoms with Crippen LogP contribution in [0.1, 0.15) is 18.1 Å². The molecule has 1 rings (SSSR count). The quantitative estimate of drug-likeness (QED) is 0.748. The van der Waals surface area contributed by atoms with E-state index in [1.165, 1.54) is 0 Å². The number of anilines is 1. The number of ether oxygens (including phenoxy) is 1. The van der Waals surface area contributed by atoms with Gasteiger partial charge in [-0.25, -0.2) is 0 Å². The number of rotatable bonds is 5. The Morgan fingerprint density at radius 3 is 2.87 bits per heavy atom. The van der Waals surface area contributed by atoms with Crippen molar-refractivity contribution in [3.8, 4) is 6.07 Å². The molecule has 0 atom stereocenters. The highest BCUT2D eigenvalue weighted by molar-refractivity contribution is 5.51. The van der Waals surface area contributed by atoms with E-state index < -0.39 is 0 Å². The Kier molecular flexibility index (Phi) is 4.65. The van der Waals surface area contributed by atoms with Crippen LogP contribution in [-0.2, 0) is 4.74 Å². The summed E-state index contributed by atoms with van der Waals surface area (Å²) in [5.41, 5.74) is 2.76. The van der Waals surface area contributed by atoms with Crippen molar-refractivity contribution < 1.29 is 4.74 Å². The molecule has 0 fully saturated rings. The molecule has 0 radical (unpaired) electrons. The van der Waals surface area contributed by atoms with Gasteiger partial charge < -0.3 is 10.1 Å². The molecular formula is C12H16N2O. The largest absolute Gasteiger partial charge is 0.383 e. The van der Waals surface area contributed by atoms with Crippen LogP contribution in [0.4, 0.5) is 5.69 Å². The summed E-state index contributed by atoms with van der Waals surface area (Å²) in [6.45, 7) is 6.15. The first-order valence-electron chi connectivity index (χ1n) is 5.10. The minimum absolute atomic E-state index is 0.704. The predicted molar refractivity (Wildman–Crippen MR) is 60.9 cm³/mol. The van der Waals surface area contributed by atoms with E-state index in [-0.39, 0.29) is 0 Å². The Labute approximate surface area is 90.7 Å². The van der Waals surface area contributed by atoms with Crippen LogP contribution in [0.2, 0.25) is 0 Å². The zero-order valence-corrected chi connectivity index (χ0v) is 9.21. The van der Waals surface area contributed by atoms with Crippen molar-refractivity contribution in [2.24, 2.45) is 0 Å². The molecule has 1 N–H and O–H groups in total. The number of nitrogens with zero attached hydrogens (tertiary/aromatic N) is 1. The molecule has 0 aliphatic heterocycles. The first-order valence-corrected chi connectivity index (χ1v) is 5.10. The minimum Gasteiger partial charge on any atom is -0.383 e. The average molecular weight is 204 g/mol. The summed E-state index contributed by atoms with van der Waals surface area (Å²) in [4.78, 5) is 0.